The molecule has 2 amide bonds. The molecule has 0 unspecified atom stereocenters. The molecule has 0 N–H and O–H groups in total. The number of halogens is 3. The van der Waals surface area contributed by atoms with E-state index in [-0.39, 0.29) is 17.7 Å². The molecular formula is C20H14BrCl2NO3S. The highest BCUT2D eigenvalue weighted by Crippen LogP contribution is 2.34. The van der Waals surface area contributed by atoms with E-state index in [2.05, 4.69) is 22.5 Å². The van der Waals surface area contributed by atoms with Gasteiger partial charge in [0.1, 0.15) is 12.4 Å². The maximum absolute atomic E-state index is 12.3. The SMILES string of the molecule is C=CCN1C(=O)S/C(=C/c2ccc(OCc3ccc(Cl)c(Cl)c3)c(Br)c2)C1=O. The van der Waals surface area contributed by atoms with Crippen molar-refractivity contribution >= 4 is 68.1 Å². The summed E-state index contributed by atoms with van der Waals surface area (Å²) in [6, 6.07) is 10.8. The molecule has 8 heteroatoms. The van der Waals surface area contributed by atoms with Crippen LogP contribution >= 0.6 is 50.9 Å². The Morgan fingerprint density at radius 3 is 2.61 bits per heavy atom. The number of nitrogens with zero attached hydrogens (tertiary/aromatic N) is 1. The molecule has 1 heterocycles. The van der Waals surface area contributed by atoms with Gasteiger partial charge in [-0.1, -0.05) is 41.4 Å². The average Bonchev–Trinajstić information content (AvgIpc) is 2.91. The fourth-order valence-electron chi connectivity index (χ4n) is 2.45. The Morgan fingerprint density at radius 2 is 1.93 bits per heavy atom. The van der Waals surface area contributed by atoms with Crippen molar-refractivity contribution in [1.82, 2.24) is 4.90 Å². The zero-order chi connectivity index (χ0) is 20.3. The third-order valence-electron chi connectivity index (χ3n) is 3.82. The smallest absolute Gasteiger partial charge is 0.293 e. The third kappa shape index (κ3) is 4.81. The first-order valence-corrected chi connectivity index (χ1v) is 10.5. The van der Waals surface area contributed by atoms with Crippen LogP contribution in [0.5, 0.6) is 5.75 Å². The lowest BCUT2D eigenvalue weighted by Gasteiger charge is -2.10. The number of imide groups is 1. The first kappa shape index (κ1) is 21.0. The van der Waals surface area contributed by atoms with Crippen molar-refractivity contribution in [2.45, 2.75) is 6.61 Å². The van der Waals surface area contributed by atoms with Gasteiger partial charge in [-0.25, -0.2) is 0 Å². The van der Waals surface area contributed by atoms with Gasteiger partial charge in [-0.3, -0.25) is 14.5 Å². The van der Waals surface area contributed by atoms with Crippen LogP contribution in [0.25, 0.3) is 6.08 Å². The minimum atomic E-state index is -0.314. The summed E-state index contributed by atoms with van der Waals surface area (Å²) < 4.78 is 6.54. The summed E-state index contributed by atoms with van der Waals surface area (Å²) in [6.45, 7) is 4.09. The van der Waals surface area contributed by atoms with E-state index in [1.54, 1.807) is 24.3 Å². The van der Waals surface area contributed by atoms with Crippen molar-refractivity contribution in [3.63, 3.8) is 0 Å². The largest absolute Gasteiger partial charge is 0.488 e. The van der Waals surface area contributed by atoms with Gasteiger partial charge in [0.05, 0.1) is 19.4 Å². The molecule has 2 aromatic rings. The Morgan fingerprint density at radius 1 is 1.14 bits per heavy atom. The van der Waals surface area contributed by atoms with Crippen LogP contribution in [0.1, 0.15) is 11.1 Å². The molecule has 1 aliphatic rings. The van der Waals surface area contributed by atoms with Crippen molar-refractivity contribution in [2.24, 2.45) is 0 Å². The summed E-state index contributed by atoms with van der Waals surface area (Å²) >= 11 is 16.3. The van der Waals surface area contributed by atoms with Crippen LogP contribution < -0.4 is 4.74 Å². The number of amides is 2. The molecule has 4 nitrogen and oxygen atoms in total. The number of rotatable bonds is 6. The molecule has 1 aliphatic heterocycles. The Balaban J connectivity index is 1.72. The van der Waals surface area contributed by atoms with Gasteiger partial charge in [-0.15, -0.1) is 6.58 Å². The van der Waals surface area contributed by atoms with E-state index in [1.807, 2.05) is 18.2 Å². The lowest BCUT2D eigenvalue weighted by atomic mass is 10.2. The van der Waals surface area contributed by atoms with Gasteiger partial charge in [0.15, 0.2) is 0 Å². The molecule has 1 saturated heterocycles. The van der Waals surface area contributed by atoms with Crippen LogP contribution in [0.4, 0.5) is 4.79 Å². The van der Waals surface area contributed by atoms with Crippen molar-refractivity contribution < 1.29 is 14.3 Å². The molecule has 2 aromatic carbocycles. The summed E-state index contributed by atoms with van der Waals surface area (Å²) in [4.78, 5) is 25.7. The Kier molecular flexibility index (Phi) is 6.88. The number of carbonyl (C=O) groups excluding carboxylic acids is 2. The van der Waals surface area contributed by atoms with Gasteiger partial charge in [0.25, 0.3) is 11.1 Å². The minimum Gasteiger partial charge on any atom is -0.488 e. The quantitative estimate of drug-likeness (QED) is 0.334. The molecule has 0 atom stereocenters. The molecule has 0 saturated carbocycles. The number of carbonyl (C=O) groups is 2. The Hall–Kier alpha value is -1.73. The number of hydrogen-bond acceptors (Lipinski definition) is 4. The van der Waals surface area contributed by atoms with Crippen LogP contribution in [-0.2, 0) is 11.4 Å². The van der Waals surface area contributed by atoms with Crippen molar-refractivity contribution in [2.75, 3.05) is 6.54 Å². The molecule has 0 spiro atoms. The summed E-state index contributed by atoms with van der Waals surface area (Å²) in [5.74, 6) is 0.328. The lowest BCUT2D eigenvalue weighted by molar-refractivity contribution is -0.122. The fraction of sp³-hybridized carbons (Fsp3) is 0.100. The molecule has 144 valence electrons. The standard InChI is InChI=1S/C20H14BrCl2NO3S/c1-2-7-24-19(25)18(28-20(24)26)10-12-4-6-17(14(21)8-12)27-11-13-3-5-15(22)16(23)9-13/h2-6,8-10H,1,7,11H2/b18-10+. The van der Waals surface area contributed by atoms with Crippen LogP contribution in [0.3, 0.4) is 0 Å². The molecule has 28 heavy (non-hydrogen) atoms. The van der Waals surface area contributed by atoms with Gasteiger partial charge in [-0.05, 0) is 69.2 Å². The average molecular weight is 499 g/mol. The van der Waals surface area contributed by atoms with Gasteiger partial charge in [0.2, 0.25) is 0 Å². The molecule has 0 radical (unpaired) electrons. The molecular weight excluding hydrogens is 485 g/mol. The molecule has 1 fully saturated rings. The Bertz CT molecular complexity index is 993. The number of thioether (sulfide) groups is 1. The zero-order valence-corrected chi connectivity index (χ0v) is 18.4. The van der Waals surface area contributed by atoms with Crippen LogP contribution in [-0.4, -0.2) is 22.6 Å². The van der Waals surface area contributed by atoms with E-state index in [0.717, 1.165) is 32.3 Å². The second kappa shape index (κ2) is 9.18. The first-order valence-electron chi connectivity index (χ1n) is 8.11. The number of hydrogen-bond donors (Lipinski definition) is 0. The van der Waals surface area contributed by atoms with Crippen molar-refractivity contribution in [3.05, 3.63) is 79.6 Å². The number of ether oxygens (including phenoxy) is 1. The summed E-state index contributed by atoms with van der Waals surface area (Å²) in [5.41, 5.74) is 1.67. The normalized spacial score (nSPS) is 15.4. The zero-order valence-electron chi connectivity index (χ0n) is 14.5. The van der Waals surface area contributed by atoms with E-state index in [0.29, 0.717) is 27.3 Å². The lowest BCUT2D eigenvalue weighted by Crippen LogP contribution is -2.27. The van der Waals surface area contributed by atoms with Crippen molar-refractivity contribution in [1.29, 1.82) is 0 Å². The predicted molar refractivity (Wildman–Crippen MR) is 118 cm³/mol. The van der Waals surface area contributed by atoms with Crippen molar-refractivity contribution in [3.8, 4) is 5.75 Å². The topological polar surface area (TPSA) is 46.6 Å². The highest BCUT2D eigenvalue weighted by atomic mass is 79.9. The molecule has 0 aliphatic carbocycles. The summed E-state index contributed by atoms with van der Waals surface area (Å²) in [7, 11) is 0. The van der Waals surface area contributed by atoms with Crippen LogP contribution in [0.15, 0.2) is 58.4 Å². The second-order valence-corrected chi connectivity index (χ2v) is 8.47. The van der Waals surface area contributed by atoms with Gasteiger partial charge in [-0.2, -0.15) is 0 Å². The van der Waals surface area contributed by atoms with Gasteiger partial charge < -0.3 is 4.74 Å². The highest BCUT2D eigenvalue weighted by Gasteiger charge is 2.34. The molecule has 0 bridgehead atoms. The fourth-order valence-corrected chi connectivity index (χ4v) is 4.13. The molecule has 0 aromatic heterocycles. The maximum Gasteiger partial charge on any atom is 0.293 e. The summed E-state index contributed by atoms with van der Waals surface area (Å²) in [6.07, 6.45) is 3.21. The second-order valence-electron chi connectivity index (χ2n) is 5.81. The monoisotopic (exact) mass is 497 g/mol. The van der Waals surface area contributed by atoms with E-state index < -0.39 is 0 Å². The van der Waals surface area contributed by atoms with E-state index >= 15 is 0 Å². The highest BCUT2D eigenvalue weighted by molar-refractivity contribution is 9.10. The van der Waals surface area contributed by atoms with Gasteiger partial charge >= 0.3 is 0 Å². The number of benzene rings is 2. The van der Waals surface area contributed by atoms with Crippen LogP contribution in [0.2, 0.25) is 10.0 Å². The predicted octanol–water partition coefficient (Wildman–Crippen LogP) is 6.56. The third-order valence-corrected chi connectivity index (χ3v) is 6.08. The Labute approximate surface area is 185 Å². The maximum atomic E-state index is 12.3. The van der Waals surface area contributed by atoms with Gasteiger partial charge in [0, 0.05) is 6.54 Å². The van der Waals surface area contributed by atoms with E-state index in [4.69, 9.17) is 27.9 Å². The summed E-state index contributed by atoms with van der Waals surface area (Å²) in [5, 5.41) is 0.674. The van der Waals surface area contributed by atoms with E-state index in [9.17, 15) is 9.59 Å². The van der Waals surface area contributed by atoms with E-state index in [1.165, 1.54) is 6.08 Å². The first-order chi connectivity index (χ1) is 13.4. The molecule has 3 rings (SSSR count). The minimum absolute atomic E-state index is 0.202. The van der Waals surface area contributed by atoms with Crippen LogP contribution in [0, 0.1) is 0 Å².